The van der Waals surface area contributed by atoms with Crippen LogP contribution in [0.3, 0.4) is 0 Å². The SMILES string of the molecule is CN(c1cc2n[nH]c(=O)n2cn1)C1CC2CCC(C1)N2. The number of piperidine rings is 1. The highest BCUT2D eigenvalue weighted by atomic mass is 16.1. The van der Waals surface area contributed by atoms with Gasteiger partial charge in [0.25, 0.3) is 0 Å². The molecule has 2 fully saturated rings. The van der Waals surface area contributed by atoms with Crippen LogP contribution in [0, 0.1) is 0 Å². The standard InChI is InChI=1S/C13H18N6O/c1-18(10-4-8-2-3-9(5-10)15-8)11-6-12-16-17-13(20)19(12)7-14-11/h6-10,15H,2-5H2,1H3,(H,17,20). The van der Waals surface area contributed by atoms with Crippen molar-refractivity contribution in [1.82, 2.24) is 24.9 Å². The maximum Gasteiger partial charge on any atom is 0.348 e. The molecule has 2 bridgehead atoms. The molecule has 7 nitrogen and oxygen atoms in total. The van der Waals surface area contributed by atoms with Crippen molar-refractivity contribution in [3.05, 3.63) is 22.9 Å². The highest BCUT2D eigenvalue weighted by molar-refractivity contribution is 5.50. The molecule has 2 saturated heterocycles. The molecule has 2 atom stereocenters. The van der Waals surface area contributed by atoms with E-state index in [0.29, 0.717) is 23.8 Å². The van der Waals surface area contributed by atoms with Crippen LogP contribution in [0.4, 0.5) is 5.82 Å². The lowest BCUT2D eigenvalue weighted by Gasteiger charge is -2.36. The molecule has 0 aromatic carbocycles. The van der Waals surface area contributed by atoms with Gasteiger partial charge in [-0.15, -0.1) is 0 Å². The zero-order chi connectivity index (χ0) is 13.7. The van der Waals surface area contributed by atoms with Crippen molar-refractivity contribution in [2.24, 2.45) is 0 Å². The van der Waals surface area contributed by atoms with Gasteiger partial charge in [-0.2, -0.15) is 5.10 Å². The van der Waals surface area contributed by atoms with Crippen molar-refractivity contribution in [2.75, 3.05) is 11.9 Å². The van der Waals surface area contributed by atoms with E-state index in [1.54, 1.807) is 6.33 Å². The summed E-state index contributed by atoms with van der Waals surface area (Å²) in [5.74, 6) is 0.878. The molecule has 0 amide bonds. The minimum absolute atomic E-state index is 0.249. The minimum atomic E-state index is -0.249. The molecule has 106 valence electrons. The van der Waals surface area contributed by atoms with Gasteiger partial charge in [0.2, 0.25) is 0 Å². The number of nitrogens with one attached hydrogen (secondary N) is 2. The molecule has 0 aliphatic carbocycles. The summed E-state index contributed by atoms with van der Waals surface area (Å²) in [5, 5.41) is 10.1. The van der Waals surface area contributed by atoms with Crippen LogP contribution in [0.25, 0.3) is 5.65 Å². The maximum atomic E-state index is 11.4. The number of anilines is 1. The highest BCUT2D eigenvalue weighted by Gasteiger charge is 2.35. The van der Waals surface area contributed by atoms with Gasteiger partial charge in [-0.25, -0.2) is 19.3 Å². The molecular weight excluding hydrogens is 256 g/mol. The number of nitrogens with zero attached hydrogens (tertiary/aromatic N) is 4. The van der Waals surface area contributed by atoms with Gasteiger partial charge in [-0.05, 0) is 25.7 Å². The normalized spacial score (nSPS) is 28.9. The Bertz CT molecular complexity index is 679. The molecule has 2 aromatic rings. The fourth-order valence-corrected chi connectivity index (χ4v) is 3.52. The molecule has 20 heavy (non-hydrogen) atoms. The lowest BCUT2D eigenvalue weighted by atomic mass is 9.98. The van der Waals surface area contributed by atoms with Crippen LogP contribution in [-0.4, -0.2) is 44.8 Å². The molecule has 7 heteroatoms. The lowest BCUT2D eigenvalue weighted by molar-refractivity contribution is 0.354. The maximum absolute atomic E-state index is 11.4. The topological polar surface area (TPSA) is 78.3 Å². The Balaban J connectivity index is 1.63. The van der Waals surface area contributed by atoms with Crippen LogP contribution in [-0.2, 0) is 0 Å². The summed E-state index contributed by atoms with van der Waals surface area (Å²) in [5.41, 5.74) is 0.366. The van der Waals surface area contributed by atoms with Crippen molar-refractivity contribution >= 4 is 11.5 Å². The molecular formula is C13H18N6O. The predicted octanol–water partition coefficient (Wildman–Crippen LogP) is 0.137. The lowest BCUT2D eigenvalue weighted by Crippen LogP contribution is -2.47. The minimum Gasteiger partial charge on any atom is -0.356 e. The van der Waals surface area contributed by atoms with Gasteiger partial charge in [-0.3, -0.25) is 0 Å². The molecule has 4 heterocycles. The van der Waals surface area contributed by atoms with Crippen LogP contribution in [0.2, 0.25) is 0 Å². The molecule has 2 aliphatic rings. The Morgan fingerprint density at radius 2 is 2.10 bits per heavy atom. The summed E-state index contributed by atoms with van der Waals surface area (Å²) >= 11 is 0. The van der Waals surface area contributed by atoms with E-state index in [9.17, 15) is 4.79 Å². The second-order valence-electron chi connectivity index (χ2n) is 5.88. The van der Waals surface area contributed by atoms with Crippen LogP contribution in [0.5, 0.6) is 0 Å². The first-order valence-electron chi connectivity index (χ1n) is 7.12. The van der Waals surface area contributed by atoms with Gasteiger partial charge in [0, 0.05) is 31.2 Å². The Morgan fingerprint density at radius 1 is 1.35 bits per heavy atom. The van der Waals surface area contributed by atoms with Gasteiger partial charge < -0.3 is 10.2 Å². The second-order valence-corrected chi connectivity index (χ2v) is 5.88. The van der Waals surface area contributed by atoms with Crippen molar-refractivity contribution in [3.63, 3.8) is 0 Å². The van der Waals surface area contributed by atoms with E-state index < -0.39 is 0 Å². The zero-order valence-electron chi connectivity index (χ0n) is 11.4. The first kappa shape index (κ1) is 11.9. The average Bonchev–Trinajstić information content (AvgIpc) is 3.00. The third-order valence-electron chi connectivity index (χ3n) is 4.65. The van der Waals surface area contributed by atoms with Crippen LogP contribution < -0.4 is 15.9 Å². The van der Waals surface area contributed by atoms with Crippen molar-refractivity contribution < 1.29 is 0 Å². The number of hydrogen-bond acceptors (Lipinski definition) is 5. The fraction of sp³-hybridized carbons (Fsp3) is 0.615. The van der Waals surface area contributed by atoms with E-state index in [1.165, 1.54) is 17.2 Å². The Kier molecular flexibility index (Phi) is 2.56. The van der Waals surface area contributed by atoms with Gasteiger partial charge >= 0.3 is 5.69 Å². The molecule has 0 saturated carbocycles. The van der Waals surface area contributed by atoms with Crippen LogP contribution in [0.15, 0.2) is 17.2 Å². The summed E-state index contributed by atoms with van der Waals surface area (Å²) in [4.78, 5) is 18.1. The van der Waals surface area contributed by atoms with Gasteiger partial charge in [-0.1, -0.05) is 0 Å². The third-order valence-corrected chi connectivity index (χ3v) is 4.65. The van der Waals surface area contributed by atoms with E-state index in [1.807, 2.05) is 6.07 Å². The molecule has 4 rings (SSSR count). The number of aromatic amines is 1. The number of aromatic nitrogens is 4. The monoisotopic (exact) mass is 274 g/mol. The fourth-order valence-electron chi connectivity index (χ4n) is 3.52. The van der Waals surface area contributed by atoms with Crippen molar-refractivity contribution in [2.45, 2.75) is 43.8 Å². The zero-order valence-corrected chi connectivity index (χ0v) is 11.4. The first-order chi connectivity index (χ1) is 9.70. The van der Waals surface area contributed by atoms with E-state index >= 15 is 0 Å². The molecule has 2 aromatic heterocycles. The summed E-state index contributed by atoms with van der Waals surface area (Å²) in [6.45, 7) is 0. The van der Waals surface area contributed by atoms with E-state index in [0.717, 1.165) is 18.7 Å². The smallest absolute Gasteiger partial charge is 0.348 e. The summed E-state index contributed by atoms with van der Waals surface area (Å²) in [6.07, 6.45) is 6.44. The van der Waals surface area contributed by atoms with E-state index in [4.69, 9.17) is 0 Å². The van der Waals surface area contributed by atoms with Crippen molar-refractivity contribution in [3.8, 4) is 0 Å². The quantitative estimate of drug-likeness (QED) is 0.814. The van der Waals surface area contributed by atoms with Crippen LogP contribution >= 0.6 is 0 Å². The summed E-state index contributed by atoms with van der Waals surface area (Å²) < 4.78 is 1.42. The largest absolute Gasteiger partial charge is 0.356 e. The number of hydrogen-bond donors (Lipinski definition) is 2. The van der Waals surface area contributed by atoms with Gasteiger partial charge in [0.05, 0.1) is 0 Å². The Hall–Kier alpha value is -1.89. The first-order valence-corrected chi connectivity index (χ1v) is 7.12. The number of H-pyrrole nitrogens is 1. The molecule has 2 unspecified atom stereocenters. The van der Waals surface area contributed by atoms with Gasteiger partial charge in [0.1, 0.15) is 12.1 Å². The molecule has 0 spiro atoms. The molecule has 2 aliphatic heterocycles. The van der Waals surface area contributed by atoms with E-state index in [2.05, 4.69) is 32.4 Å². The molecule has 0 radical (unpaired) electrons. The van der Waals surface area contributed by atoms with E-state index in [-0.39, 0.29) is 5.69 Å². The van der Waals surface area contributed by atoms with Gasteiger partial charge in [0.15, 0.2) is 5.65 Å². The Labute approximate surface area is 116 Å². The summed E-state index contributed by atoms with van der Waals surface area (Å²) in [7, 11) is 2.08. The second kappa shape index (κ2) is 4.31. The van der Waals surface area contributed by atoms with Crippen LogP contribution in [0.1, 0.15) is 25.7 Å². The predicted molar refractivity (Wildman–Crippen MR) is 75.0 cm³/mol. The number of rotatable bonds is 2. The van der Waals surface area contributed by atoms with Crippen molar-refractivity contribution in [1.29, 1.82) is 0 Å². The number of fused-ring (bicyclic) bond motifs is 3. The highest BCUT2D eigenvalue weighted by Crippen LogP contribution is 2.30. The average molecular weight is 274 g/mol. The third kappa shape index (κ3) is 1.81. The Morgan fingerprint density at radius 3 is 2.85 bits per heavy atom. The molecule has 2 N–H and O–H groups in total. The summed E-state index contributed by atoms with van der Waals surface area (Å²) in [6, 6.07) is 3.67.